The van der Waals surface area contributed by atoms with Gasteiger partial charge >= 0.3 is 11.9 Å². The minimum absolute atomic E-state index is 0.288. The van der Waals surface area contributed by atoms with Gasteiger partial charge in [0.25, 0.3) is 0 Å². The lowest BCUT2D eigenvalue weighted by Crippen LogP contribution is -2.16. The number of ether oxygens (including phenoxy) is 2. The van der Waals surface area contributed by atoms with E-state index in [2.05, 4.69) is 6.92 Å². The van der Waals surface area contributed by atoms with Gasteiger partial charge < -0.3 is 15.2 Å². The predicted molar refractivity (Wildman–Crippen MR) is 141 cm³/mol. The van der Waals surface area contributed by atoms with Crippen LogP contribution >= 0.6 is 12.2 Å². The SMILES string of the molecule is CCc1ccc(C(=O)Oc2ccc3cc([C@H](C)C(=O)Oc4ccc(C(N)=S)cc4)ccc3c2)cc1. The molecular formula is C29H25NO4S. The van der Waals surface area contributed by atoms with Crippen LogP contribution in [0.3, 0.4) is 0 Å². The lowest BCUT2D eigenvalue weighted by Gasteiger charge is -2.13. The molecule has 0 bridgehead atoms. The Bertz CT molecular complexity index is 1390. The number of thiocarbonyl (C=S) groups is 1. The van der Waals surface area contributed by atoms with Gasteiger partial charge in [0.1, 0.15) is 16.5 Å². The summed E-state index contributed by atoms with van der Waals surface area (Å²) in [5.41, 5.74) is 8.80. The highest BCUT2D eigenvalue weighted by Crippen LogP contribution is 2.27. The Labute approximate surface area is 209 Å². The van der Waals surface area contributed by atoms with Gasteiger partial charge in [0, 0.05) is 5.56 Å². The molecular weight excluding hydrogens is 458 g/mol. The number of aryl methyl sites for hydroxylation is 1. The van der Waals surface area contributed by atoms with Crippen LogP contribution in [0.1, 0.15) is 46.8 Å². The summed E-state index contributed by atoms with van der Waals surface area (Å²) >= 11 is 4.94. The van der Waals surface area contributed by atoms with Crippen LogP contribution in [0.15, 0.2) is 84.9 Å². The van der Waals surface area contributed by atoms with E-state index in [0.717, 1.165) is 28.3 Å². The fourth-order valence-electron chi connectivity index (χ4n) is 3.65. The van der Waals surface area contributed by atoms with Crippen molar-refractivity contribution in [1.82, 2.24) is 0 Å². The fraction of sp³-hybridized carbons (Fsp3) is 0.138. The van der Waals surface area contributed by atoms with Crippen LogP contribution in [0.5, 0.6) is 11.5 Å². The largest absolute Gasteiger partial charge is 0.426 e. The highest BCUT2D eigenvalue weighted by Gasteiger charge is 2.18. The van der Waals surface area contributed by atoms with Crippen molar-refractivity contribution in [1.29, 1.82) is 0 Å². The average molecular weight is 484 g/mol. The molecule has 35 heavy (non-hydrogen) atoms. The molecule has 0 heterocycles. The Balaban J connectivity index is 1.45. The van der Waals surface area contributed by atoms with Crippen molar-refractivity contribution in [2.75, 3.05) is 0 Å². The van der Waals surface area contributed by atoms with E-state index >= 15 is 0 Å². The lowest BCUT2D eigenvalue weighted by atomic mass is 9.98. The van der Waals surface area contributed by atoms with E-state index in [9.17, 15) is 9.59 Å². The first-order valence-electron chi connectivity index (χ1n) is 11.3. The highest BCUT2D eigenvalue weighted by molar-refractivity contribution is 7.80. The van der Waals surface area contributed by atoms with Gasteiger partial charge in [-0.15, -0.1) is 0 Å². The number of hydrogen-bond acceptors (Lipinski definition) is 5. The summed E-state index contributed by atoms with van der Waals surface area (Å²) in [6.45, 7) is 3.86. The van der Waals surface area contributed by atoms with Crippen molar-refractivity contribution < 1.29 is 19.1 Å². The number of nitrogens with two attached hydrogens (primary N) is 1. The van der Waals surface area contributed by atoms with Gasteiger partial charge in [-0.3, -0.25) is 4.79 Å². The zero-order valence-electron chi connectivity index (χ0n) is 19.5. The molecule has 5 nitrogen and oxygen atoms in total. The average Bonchev–Trinajstić information content (AvgIpc) is 2.88. The Morgan fingerprint density at radius 2 is 1.40 bits per heavy atom. The molecule has 0 spiro atoms. The second kappa shape index (κ2) is 10.5. The minimum atomic E-state index is -0.474. The quantitative estimate of drug-likeness (QED) is 0.198. The van der Waals surface area contributed by atoms with Crippen LogP contribution < -0.4 is 15.2 Å². The zero-order valence-corrected chi connectivity index (χ0v) is 20.3. The number of benzene rings is 4. The molecule has 6 heteroatoms. The molecule has 2 N–H and O–H groups in total. The topological polar surface area (TPSA) is 78.6 Å². The molecule has 0 aromatic heterocycles. The molecule has 0 radical (unpaired) electrons. The number of hydrogen-bond donors (Lipinski definition) is 1. The van der Waals surface area contributed by atoms with Crippen LogP contribution in [0.25, 0.3) is 10.8 Å². The normalized spacial score (nSPS) is 11.6. The molecule has 176 valence electrons. The summed E-state index contributed by atoms with van der Waals surface area (Å²) in [6.07, 6.45) is 0.912. The molecule has 4 rings (SSSR count). The lowest BCUT2D eigenvalue weighted by molar-refractivity contribution is -0.135. The van der Waals surface area contributed by atoms with E-state index in [1.54, 1.807) is 49.4 Å². The van der Waals surface area contributed by atoms with Gasteiger partial charge in [0.15, 0.2) is 0 Å². The van der Waals surface area contributed by atoms with E-state index in [1.165, 1.54) is 0 Å². The molecule has 0 saturated carbocycles. The Kier molecular flexibility index (Phi) is 7.22. The van der Waals surface area contributed by atoms with Crippen molar-refractivity contribution in [3.63, 3.8) is 0 Å². The molecule has 0 unspecified atom stereocenters. The number of carbonyl (C=O) groups excluding carboxylic acids is 2. The van der Waals surface area contributed by atoms with E-state index in [4.69, 9.17) is 27.4 Å². The first kappa shape index (κ1) is 24.1. The zero-order chi connectivity index (χ0) is 24.9. The smallest absolute Gasteiger partial charge is 0.343 e. The molecule has 0 amide bonds. The van der Waals surface area contributed by atoms with Crippen LogP contribution in [0.4, 0.5) is 0 Å². The van der Waals surface area contributed by atoms with Gasteiger partial charge in [-0.1, -0.05) is 55.5 Å². The van der Waals surface area contributed by atoms with Gasteiger partial charge in [-0.25, -0.2) is 4.79 Å². The number of carbonyl (C=O) groups is 2. The third-order valence-corrected chi connectivity index (χ3v) is 6.09. The first-order chi connectivity index (χ1) is 16.8. The summed E-state index contributed by atoms with van der Waals surface area (Å²) in [5.74, 6) is -0.354. The fourth-order valence-corrected chi connectivity index (χ4v) is 3.78. The van der Waals surface area contributed by atoms with E-state index < -0.39 is 11.9 Å². The van der Waals surface area contributed by atoms with Gasteiger partial charge in [0.2, 0.25) is 0 Å². The highest BCUT2D eigenvalue weighted by atomic mass is 32.1. The van der Waals surface area contributed by atoms with Crippen LogP contribution in [0.2, 0.25) is 0 Å². The monoisotopic (exact) mass is 483 g/mol. The van der Waals surface area contributed by atoms with E-state index in [1.807, 2.05) is 42.5 Å². The summed E-state index contributed by atoms with van der Waals surface area (Å²) in [6, 6.07) is 25.3. The number of fused-ring (bicyclic) bond motifs is 1. The summed E-state index contributed by atoms with van der Waals surface area (Å²) in [4.78, 5) is 25.5. The van der Waals surface area contributed by atoms with Crippen LogP contribution in [-0.2, 0) is 11.2 Å². The van der Waals surface area contributed by atoms with Crippen molar-refractivity contribution in [2.24, 2.45) is 5.73 Å². The molecule has 4 aromatic rings. The molecule has 0 aliphatic rings. The molecule has 1 atom stereocenters. The maximum absolute atomic E-state index is 12.7. The molecule has 0 saturated heterocycles. The Hall–Kier alpha value is -4.03. The van der Waals surface area contributed by atoms with Crippen molar-refractivity contribution in [3.8, 4) is 11.5 Å². The predicted octanol–water partition coefficient (Wildman–Crippen LogP) is 5.96. The maximum atomic E-state index is 12.7. The summed E-state index contributed by atoms with van der Waals surface area (Å²) in [7, 11) is 0. The van der Waals surface area contributed by atoms with Gasteiger partial charge in [-0.2, -0.15) is 0 Å². The minimum Gasteiger partial charge on any atom is -0.426 e. The first-order valence-corrected chi connectivity index (χ1v) is 11.7. The van der Waals surface area contributed by atoms with Crippen molar-refractivity contribution >= 4 is 39.9 Å². The van der Waals surface area contributed by atoms with Crippen molar-refractivity contribution in [2.45, 2.75) is 26.2 Å². The van der Waals surface area contributed by atoms with Gasteiger partial charge in [0.05, 0.1) is 11.5 Å². The Morgan fingerprint density at radius 1 is 0.800 bits per heavy atom. The van der Waals surface area contributed by atoms with Gasteiger partial charge in [-0.05, 0) is 83.8 Å². The van der Waals surface area contributed by atoms with Crippen LogP contribution in [-0.4, -0.2) is 16.9 Å². The summed E-state index contributed by atoms with van der Waals surface area (Å²) in [5, 5.41) is 1.82. The number of rotatable bonds is 7. The second-order valence-corrected chi connectivity index (χ2v) is 8.68. The van der Waals surface area contributed by atoms with E-state index in [0.29, 0.717) is 22.6 Å². The number of esters is 2. The third kappa shape index (κ3) is 5.73. The molecule has 4 aromatic carbocycles. The Morgan fingerprint density at radius 3 is 2.06 bits per heavy atom. The molecule has 0 fully saturated rings. The second-order valence-electron chi connectivity index (χ2n) is 8.24. The third-order valence-electron chi connectivity index (χ3n) is 5.86. The van der Waals surface area contributed by atoms with Crippen molar-refractivity contribution in [3.05, 3.63) is 107 Å². The molecule has 0 aliphatic carbocycles. The molecule has 0 aliphatic heterocycles. The maximum Gasteiger partial charge on any atom is 0.343 e. The standard InChI is InChI=1S/C29H25NO4S/c1-3-19-4-6-21(7-5-19)29(32)34-26-15-12-23-16-22(8-9-24(23)17-26)18(2)28(31)33-25-13-10-20(11-14-25)27(30)35/h4-18H,3H2,1-2H3,(H2,30,35)/t18-/m0/s1. The summed E-state index contributed by atoms with van der Waals surface area (Å²) < 4.78 is 11.1. The van der Waals surface area contributed by atoms with E-state index in [-0.39, 0.29) is 11.0 Å². The van der Waals surface area contributed by atoms with Crippen LogP contribution in [0, 0.1) is 0 Å².